The van der Waals surface area contributed by atoms with Gasteiger partial charge in [0.2, 0.25) is 0 Å². The molecule has 0 aromatic carbocycles. The molecule has 16 heteroatoms. The smallest absolute Gasteiger partial charge is 0.432 e. The summed E-state index contributed by atoms with van der Waals surface area (Å²) in [5, 5.41) is 8.93. The van der Waals surface area contributed by atoms with Crippen molar-refractivity contribution >= 4 is 12.2 Å². The molecule has 4 aliphatic heterocycles. The highest BCUT2D eigenvalue weighted by Crippen LogP contribution is 2.52. The average Bonchev–Trinajstić information content (AvgIpc) is 3.97. The number of carbonyl (C=O) groups excluding carboxylic acids is 2. The average molecular weight is 761 g/mol. The fourth-order valence-corrected chi connectivity index (χ4v) is 10.0. The van der Waals surface area contributed by atoms with Crippen LogP contribution in [0.25, 0.3) is 0 Å². The largest absolute Gasteiger partial charge is 0.450 e. The van der Waals surface area contributed by atoms with Gasteiger partial charge in [-0.25, -0.2) is 19.6 Å². The van der Waals surface area contributed by atoms with Gasteiger partial charge in [0.1, 0.15) is 29.1 Å². The molecule has 8 rings (SSSR count). The molecule has 2 saturated carbocycles. The Labute approximate surface area is 316 Å². The number of nitrogens with one attached hydrogen (secondary N) is 2. The Morgan fingerprint density at radius 3 is 1.63 bits per heavy atom. The van der Waals surface area contributed by atoms with Crippen LogP contribution < -0.4 is 0 Å². The van der Waals surface area contributed by atoms with Crippen molar-refractivity contribution in [2.45, 2.75) is 108 Å². The van der Waals surface area contributed by atoms with Crippen LogP contribution in [0.1, 0.15) is 114 Å². The van der Waals surface area contributed by atoms with Gasteiger partial charge in [-0.1, -0.05) is 0 Å². The predicted molar refractivity (Wildman–Crippen MR) is 193 cm³/mol. The molecule has 2 aromatic heterocycles. The summed E-state index contributed by atoms with van der Waals surface area (Å²) in [5.74, 6) is 1.92. The number of ether oxygens (including phenoxy) is 2. The number of aromatic nitrogens is 4. The minimum Gasteiger partial charge on any atom is -0.450 e. The minimum atomic E-state index is -4.37. The van der Waals surface area contributed by atoms with Crippen LogP contribution in [0.4, 0.5) is 22.8 Å². The van der Waals surface area contributed by atoms with Gasteiger partial charge in [-0.3, -0.25) is 0 Å². The number of hydrogen-bond acceptors (Lipinski definition) is 9. The fourth-order valence-electron chi connectivity index (χ4n) is 10.0. The van der Waals surface area contributed by atoms with Gasteiger partial charge in [0, 0.05) is 51.5 Å². The van der Waals surface area contributed by atoms with Crippen LogP contribution in [0.3, 0.4) is 0 Å². The lowest BCUT2D eigenvalue weighted by atomic mass is 9.64. The number of hydrogen-bond donors (Lipinski definition) is 2. The first-order valence-electron chi connectivity index (χ1n) is 19.8. The second-order valence-corrected chi connectivity index (χ2v) is 16.5. The summed E-state index contributed by atoms with van der Waals surface area (Å²) in [6.45, 7) is 11.7. The molecule has 4 saturated heterocycles. The molecular weight excluding hydrogens is 703 g/mol. The Morgan fingerprint density at radius 1 is 0.796 bits per heavy atom. The number of imidazole rings is 2. The maximum Gasteiger partial charge on any atom is 0.432 e. The van der Waals surface area contributed by atoms with Crippen molar-refractivity contribution < 1.29 is 33.7 Å². The van der Waals surface area contributed by atoms with Crippen LogP contribution in [0.15, 0.2) is 12.4 Å². The molecule has 2 amide bonds. The van der Waals surface area contributed by atoms with Crippen molar-refractivity contribution in [2.75, 3.05) is 65.6 Å². The van der Waals surface area contributed by atoms with E-state index in [0.717, 1.165) is 116 Å². The fraction of sp³-hybridized carbons (Fsp3) is 0.763. The number of H-pyrrole nitrogens is 2. The molecule has 6 fully saturated rings. The lowest BCUT2D eigenvalue weighted by Crippen LogP contribution is -2.54. The second-order valence-electron chi connectivity index (χ2n) is 16.5. The molecular formula is C38H56F3N9O4. The molecule has 6 heterocycles. The van der Waals surface area contributed by atoms with E-state index >= 15 is 0 Å². The van der Waals surface area contributed by atoms with Crippen LogP contribution in [-0.2, 0) is 15.7 Å². The monoisotopic (exact) mass is 760 g/mol. The molecule has 2 N–H and O–H groups in total. The first kappa shape index (κ1) is 38.4. The topological polar surface area (TPSA) is 147 Å². The second kappa shape index (κ2) is 15.7. The number of halogens is 3. The number of nitriles is 1. The summed E-state index contributed by atoms with van der Waals surface area (Å²) >= 11 is 0. The molecule has 0 atom stereocenters. The Morgan fingerprint density at radius 2 is 1.24 bits per heavy atom. The zero-order valence-electron chi connectivity index (χ0n) is 31.5. The maximum atomic E-state index is 12.7. The third-order valence-corrected chi connectivity index (χ3v) is 13.1. The summed E-state index contributed by atoms with van der Waals surface area (Å²) in [4.78, 5) is 46.5. The van der Waals surface area contributed by atoms with E-state index in [9.17, 15) is 22.8 Å². The van der Waals surface area contributed by atoms with E-state index in [1.807, 2.05) is 23.6 Å². The zero-order valence-corrected chi connectivity index (χ0v) is 31.5. The van der Waals surface area contributed by atoms with Gasteiger partial charge in [-0.05, 0) is 115 Å². The Kier molecular flexibility index (Phi) is 11.2. The van der Waals surface area contributed by atoms with Gasteiger partial charge in [0.15, 0.2) is 0 Å². The Balaban J connectivity index is 0.000000184. The van der Waals surface area contributed by atoms with Gasteiger partial charge in [-0.15, -0.1) is 0 Å². The number of rotatable bonds is 6. The van der Waals surface area contributed by atoms with Crippen molar-refractivity contribution in [1.29, 1.82) is 5.26 Å². The highest BCUT2D eigenvalue weighted by molar-refractivity contribution is 5.68. The summed E-state index contributed by atoms with van der Waals surface area (Å²) in [5.41, 5.74) is 0.349. The molecule has 298 valence electrons. The number of alkyl halides is 3. The van der Waals surface area contributed by atoms with Gasteiger partial charge in [-0.2, -0.15) is 18.4 Å². The number of aromatic amines is 2. The number of likely N-dealkylation sites (tertiary alicyclic amines) is 4. The van der Waals surface area contributed by atoms with E-state index in [0.29, 0.717) is 48.1 Å². The van der Waals surface area contributed by atoms with Crippen molar-refractivity contribution in [3.8, 4) is 6.07 Å². The first-order chi connectivity index (χ1) is 25.9. The number of piperidine rings is 2. The van der Waals surface area contributed by atoms with Gasteiger partial charge in [0.25, 0.3) is 0 Å². The van der Waals surface area contributed by atoms with E-state index in [2.05, 4.69) is 35.8 Å². The van der Waals surface area contributed by atoms with E-state index in [-0.39, 0.29) is 24.9 Å². The molecule has 0 unspecified atom stereocenters. The third kappa shape index (κ3) is 8.22. The van der Waals surface area contributed by atoms with Crippen LogP contribution >= 0.6 is 0 Å². The van der Waals surface area contributed by atoms with Gasteiger partial charge in [0.05, 0.1) is 25.6 Å². The van der Waals surface area contributed by atoms with Crippen molar-refractivity contribution in [2.24, 2.45) is 10.8 Å². The molecule has 2 aliphatic carbocycles. The van der Waals surface area contributed by atoms with E-state index in [1.54, 1.807) is 6.20 Å². The molecule has 0 bridgehead atoms. The van der Waals surface area contributed by atoms with E-state index < -0.39 is 11.9 Å². The normalized spacial score (nSPS) is 29.4. The molecule has 54 heavy (non-hydrogen) atoms. The van der Waals surface area contributed by atoms with Crippen LogP contribution in [-0.4, -0.2) is 129 Å². The number of amides is 2. The molecule has 6 aliphatic rings. The van der Waals surface area contributed by atoms with E-state index in [1.165, 1.54) is 12.8 Å². The Bertz CT molecular complexity index is 1650. The number of carbonyl (C=O) groups is 2. The molecule has 0 radical (unpaired) electrons. The molecule has 2 aromatic rings. The SMILES string of the molecule is CCOC(=O)N1CCC2(CC(N3CCC(c4ncc(C#N)[nH]4)CC3)C2)C1.CCOC(=O)N1CCC2(CC(N3CCC(c4ncc(C(F)(F)F)[nH]4)CC3)C2)C1.[2HH]. The number of nitrogens with zero attached hydrogens (tertiary/aromatic N) is 7. The van der Waals surface area contributed by atoms with E-state index in [4.69, 9.17) is 14.7 Å². The van der Waals surface area contributed by atoms with Crippen LogP contribution in [0.5, 0.6) is 0 Å². The summed E-state index contributed by atoms with van der Waals surface area (Å²) in [6.07, 6.45) is 8.36. The van der Waals surface area contributed by atoms with Crippen LogP contribution in [0, 0.1) is 22.2 Å². The lowest BCUT2D eigenvalue weighted by Gasteiger charge is -2.51. The Hall–Kier alpha value is -3.84. The predicted octanol–water partition coefficient (Wildman–Crippen LogP) is 6.34. The first-order valence-corrected chi connectivity index (χ1v) is 19.8. The summed E-state index contributed by atoms with van der Waals surface area (Å²) < 4.78 is 48.5. The zero-order chi connectivity index (χ0) is 38.1. The molecule has 2 spiro atoms. The van der Waals surface area contributed by atoms with Gasteiger partial charge < -0.3 is 39.0 Å². The van der Waals surface area contributed by atoms with Crippen molar-refractivity contribution in [3.05, 3.63) is 35.4 Å². The van der Waals surface area contributed by atoms with Crippen LogP contribution in [0.2, 0.25) is 0 Å². The third-order valence-electron chi connectivity index (χ3n) is 13.1. The minimum absolute atomic E-state index is 0. The summed E-state index contributed by atoms with van der Waals surface area (Å²) in [7, 11) is 0. The quantitative estimate of drug-likeness (QED) is 0.345. The van der Waals surface area contributed by atoms with Crippen molar-refractivity contribution in [3.63, 3.8) is 0 Å². The summed E-state index contributed by atoms with van der Waals surface area (Å²) in [6, 6.07) is 3.29. The highest BCUT2D eigenvalue weighted by atomic mass is 19.4. The highest BCUT2D eigenvalue weighted by Gasteiger charge is 2.53. The molecule has 13 nitrogen and oxygen atoms in total. The standard InChI is InChI=1S/C19H27F3N4O2.C19H27N5O2.H2/c1-2-28-17(27)26-8-5-18(12-26)9-14(10-18)25-6-3-13(4-7-25)16-23-11-15(24-16)19(20,21)22;1-2-26-18(25)24-8-5-19(13-24)9-16(10-19)23-6-3-14(4-7-23)17-21-12-15(11-20)22-17;/h11,13-14H,2-10,12H2,1H3,(H,23,24);12,14,16H,2-10,13H2,1H3,(H,21,22);1H/i;;1+1. The van der Waals surface area contributed by atoms with Gasteiger partial charge >= 0.3 is 18.4 Å². The van der Waals surface area contributed by atoms with Crippen molar-refractivity contribution in [1.82, 2.24) is 39.5 Å². The lowest BCUT2D eigenvalue weighted by molar-refractivity contribution is -0.141. The maximum absolute atomic E-state index is 12.7.